The number of aryl methyl sites for hydroxylation is 1. The highest BCUT2D eigenvalue weighted by Crippen LogP contribution is 2.26. The maximum Gasteiger partial charge on any atom is 0.127 e. The van der Waals surface area contributed by atoms with Gasteiger partial charge in [-0.1, -0.05) is 23.7 Å². The van der Waals surface area contributed by atoms with Crippen LogP contribution in [0.5, 0.6) is 11.5 Å². The molecule has 19 heavy (non-hydrogen) atoms. The summed E-state index contributed by atoms with van der Waals surface area (Å²) in [6.45, 7) is 4.09. The Morgan fingerprint density at radius 1 is 1.05 bits per heavy atom. The fourth-order valence-corrected chi connectivity index (χ4v) is 1.93. The smallest absolute Gasteiger partial charge is 0.127 e. The second kappa shape index (κ2) is 6.09. The zero-order valence-corrected chi connectivity index (χ0v) is 12.2. The number of nitrogens with one attached hydrogen (secondary N) is 1. The van der Waals surface area contributed by atoms with Crippen molar-refractivity contribution in [2.75, 3.05) is 7.05 Å². The monoisotopic (exact) mass is 275 g/mol. The van der Waals surface area contributed by atoms with E-state index in [9.17, 15) is 0 Å². The second-order valence-electron chi connectivity index (χ2n) is 4.59. The number of hydrogen-bond donors (Lipinski definition) is 1. The highest BCUT2D eigenvalue weighted by Gasteiger charge is 2.04. The molecule has 1 atom stereocenters. The van der Waals surface area contributed by atoms with Gasteiger partial charge in [-0.2, -0.15) is 0 Å². The minimum absolute atomic E-state index is 0.340. The summed E-state index contributed by atoms with van der Waals surface area (Å²) in [6.07, 6.45) is 0. The van der Waals surface area contributed by atoms with Gasteiger partial charge in [-0.15, -0.1) is 0 Å². The van der Waals surface area contributed by atoms with Gasteiger partial charge in [-0.05, 0) is 62.4 Å². The molecule has 3 heteroatoms. The first-order chi connectivity index (χ1) is 9.10. The van der Waals surface area contributed by atoms with Gasteiger partial charge in [-0.3, -0.25) is 0 Å². The number of rotatable bonds is 4. The maximum absolute atomic E-state index is 5.99. The molecule has 2 nitrogen and oxygen atoms in total. The summed E-state index contributed by atoms with van der Waals surface area (Å²) in [6, 6.07) is 14.1. The predicted molar refractivity (Wildman–Crippen MR) is 80.2 cm³/mol. The lowest BCUT2D eigenvalue weighted by molar-refractivity contribution is 0.481. The summed E-state index contributed by atoms with van der Waals surface area (Å²) < 4.78 is 5.80. The van der Waals surface area contributed by atoms with Crippen LogP contribution in [0.1, 0.15) is 24.1 Å². The molecule has 1 unspecified atom stereocenters. The molecule has 0 radical (unpaired) electrons. The Morgan fingerprint density at radius 2 is 1.68 bits per heavy atom. The van der Waals surface area contributed by atoms with Crippen LogP contribution in [-0.2, 0) is 0 Å². The molecule has 0 heterocycles. The van der Waals surface area contributed by atoms with Crippen molar-refractivity contribution in [3.05, 3.63) is 58.6 Å². The van der Waals surface area contributed by atoms with E-state index < -0.39 is 0 Å². The molecule has 2 aromatic rings. The van der Waals surface area contributed by atoms with Gasteiger partial charge in [0.2, 0.25) is 0 Å². The third kappa shape index (κ3) is 3.49. The largest absolute Gasteiger partial charge is 0.457 e. The van der Waals surface area contributed by atoms with E-state index in [1.54, 1.807) is 0 Å². The van der Waals surface area contributed by atoms with E-state index >= 15 is 0 Å². The number of benzene rings is 2. The standard InChI is InChI=1S/C16H18ClNO/c1-11-10-15(8-9-16(11)17)19-14-6-4-13(5-7-14)12(2)18-3/h4-10,12,18H,1-3H3. The molecule has 2 aromatic carbocycles. The highest BCUT2D eigenvalue weighted by atomic mass is 35.5. The van der Waals surface area contributed by atoms with Gasteiger partial charge in [0.05, 0.1) is 0 Å². The number of halogens is 1. The minimum Gasteiger partial charge on any atom is -0.457 e. The molecule has 0 bridgehead atoms. The van der Waals surface area contributed by atoms with E-state index in [1.807, 2.05) is 44.3 Å². The molecule has 0 saturated carbocycles. The molecule has 0 fully saturated rings. The van der Waals surface area contributed by atoms with E-state index in [2.05, 4.69) is 24.4 Å². The number of ether oxygens (including phenoxy) is 1. The average Bonchev–Trinajstić information content (AvgIpc) is 2.43. The third-order valence-electron chi connectivity index (χ3n) is 3.18. The first-order valence-corrected chi connectivity index (χ1v) is 6.69. The fraction of sp³-hybridized carbons (Fsp3) is 0.250. The van der Waals surface area contributed by atoms with Gasteiger partial charge in [0.25, 0.3) is 0 Å². The van der Waals surface area contributed by atoms with E-state index in [1.165, 1.54) is 5.56 Å². The van der Waals surface area contributed by atoms with Crippen LogP contribution in [-0.4, -0.2) is 7.05 Å². The van der Waals surface area contributed by atoms with Crippen molar-refractivity contribution >= 4 is 11.6 Å². The molecule has 0 aliphatic heterocycles. The van der Waals surface area contributed by atoms with Crippen LogP contribution in [0, 0.1) is 6.92 Å². The Balaban J connectivity index is 2.12. The molecule has 100 valence electrons. The third-order valence-corrected chi connectivity index (χ3v) is 3.60. The van der Waals surface area contributed by atoms with Crippen LogP contribution in [0.15, 0.2) is 42.5 Å². The van der Waals surface area contributed by atoms with Gasteiger partial charge in [0.15, 0.2) is 0 Å². The first kappa shape index (κ1) is 13.9. The van der Waals surface area contributed by atoms with Crippen LogP contribution in [0.4, 0.5) is 0 Å². The Bertz CT molecular complexity index is 551. The molecule has 0 aliphatic rings. The lowest BCUT2D eigenvalue weighted by atomic mass is 10.1. The van der Waals surface area contributed by atoms with Crippen molar-refractivity contribution in [3.63, 3.8) is 0 Å². The van der Waals surface area contributed by atoms with Gasteiger partial charge in [0.1, 0.15) is 11.5 Å². The second-order valence-corrected chi connectivity index (χ2v) is 5.00. The van der Waals surface area contributed by atoms with Crippen LogP contribution >= 0.6 is 11.6 Å². The Morgan fingerprint density at radius 3 is 2.26 bits per heavy atom. The Hall–Kier alpha value is -1.51. The van der Waals surface area contributed by atoms with Crippen molar-refractivity contribution in [1.82, 2.24) is 5.32 Å². The van der Waals surface area contributed by atoms with Crippen molar-refractivity contribution < 1.29 is 4.74 Å². The molecular weight excluding hydrogens is 258 g/mol. The zero-order chi connectivity index (χ0) is 13.8. The molecule has 0 saturated heterocycles. The van der Waals surface area contributed by atoms with E-state index in [0.29, 0.717) is 6.04 Å². The summed E-state index contributed by atoms with van der Waals surface area (Å²) in [5, 5.41) is 3.96. The van der Waals surface area contributed by atoms with Crippen molar-refractivity contribution in [1.29, 1.82) is 0 Å². The van der Waals surface area contributed by atoms with Gasteiger partial charge >= 0.3 is 0 Å². The lowest BCUT2D eigenvalue weighted by Gasteiger charge is -2.12. The van der Waals surface area contributed by atoms with Gasteiger partial charge < -0.3 is 10.1 Å². The van der Waals surface area contributed by atoms with E-state index in [-0.39, 0.29) is 0 Å². The summed E-state index contributed by atoms with van der Waals surface area (Å²) in [5.74, 6) is 1.63. The predicted octanol–water partition coefficient (Wildman–Crippen LogP) is 4.72. The van der Waals surface area contributed by atoms with Gasteiger partial charge in [0, 0.05) is 11.1 Å². The average molecular weight is 276 g/mol. The fourth-order valence-electron chi connectivity index (χ4n) is 1.81. The molecule has 0 aromatic heterocycles. The summed E-state index contributed by atoms with van der Waals surface area (Å²) in [7, 11) is 1.95. The Kier molecular flexibility index (Phi) is 4.46. The quantitative estimate of drug-likeness (QED) is 0.872. The number of hydrogen-bond acceptors (Lipinski definition) is 2. The summed E-state index contributed by atoms with van der Waals surface area (Å²) in [5.41, 5.74) is 2.25. The maximum atomic E-state index is 5.99. The highest BCUT2D eigenvalue weighted by molar-refractivity contribution is 6.31. The molecule has 1 N–H and O–H groups in total. The van der Waals surface area contributed by atoms with Crippen molar-refractivity contribution in [3.8, 4) is 11.5 Å². The molecule has 0 amide bonds. The molecular formula is C16H18ClNO. The Labute approximate surface area is 119 Å². The van der Waals surface area contributed by atoms with Crippen molar-refractivity contribution in [2.24, 2.45) is 0 Å². The van der Waals surface area contributed by atoms with Crippen LogP contribution in [0.2, 0.25) is 5.02 Å². The van der Waals surface area contributed by atoms with Crippen LogP contribution < -0.4 is 10.1 Å². The zero-order valence-electron chi connectivity index (χ0n) is 11.4. The van der Waals surface area contributed by atoms with E-state index in [4.69, 9.17) is 16.3 Å². The first-order valence-electron chi connectivity index (χ1n) is 6.31. The molecule has 0 aliphatic carbocycles. The minimum atomic E-state index is 0.340. The van der Waals surface area contributed by atoms with Crippen LogP contribution in [0.3, 0.4) is 0 Å². The molecule has 0 spiro atoms. The van der Waals surface area contributed by atoms with Gasteiger partial charge in [-0.25, -0.2) is 0 Å². The SMILES string of the molecule is CNC(C)c1ccc(Oc2ccc(Cl)c(C)c2)cc1. The lowest BCUT2D eigenvalue weighted by Crippen LogP contribution is -2.11. The molecule has 2 rings (SSSR count). The summed E-state index contributed by atoms with van der Waals surface area (Å²) >= 11 is 5.99. The van der Waals surface area contributed by atoms with Crippen LogP contribution in [0.25, 0.3) is 0 Å². The summed E-state index contributed by atoms with van der Waals surface area (Å²) in [4.78, 5) is 0. The normalized spacial score (nSPS) is 12.2. The topological polar surface area (TPSA) is 21.3 Å². The van der Waals surface area contributed by atoms with Crippen molar-refractivity contribution in [2.45, 2.75) is 19.9 Å². The van der Waals surface area contributed by atoms with E-state index in [0.717, 1.165) is 22.1 Å².